The third-order valence-electron chi connectivity index (χ3n) is 4.75. The molecule has 3 N–H and O–H groups in total. The summed E-state index contributed by atoms with van der Waals surface area (Å²) in [5.41, 5.74) is 6.82. The topological polar surface area (TPSA) is 71.2 Å². The molecule has 2 fully saturated rings. The van der Waals surface area contributed by atoms with Crippen molar-refractivity contribution in [1.82, 2.24) is 10.3 Å². The molecule has 5 nitrogen and oxygen atoms in total. The number of carbonyl (C=O) groups is 1. The number of aryl methyl sites for hydroxylation is 1. The highest BCUT2D eigenvalue weighted by Gasteiger charge is 2.36. The maximum Gasteiger partial charge on any atom is 0.248 e. The van der Waals surface area contributed by atoms with Crippen LogP contribution in [0.1, 0.15) is 48.7 Å². The molecule has 5 heteroatoms. The van der Waals surface area contributed by atoms with Gasteiger partial charge in [0.15, 0.2) is 0 Å². The third kappa shape index (κ3) is 2.88. The first kappa shape index (κ1) is 14.3. The summed E-state index contributed by atoms with van der Waals surface area (Å²) in [7, 11) is 0. The predicted octanol–water partition coefficient (Wildman–Crippen LogP) is 1.60. The zero-order valence-electron chi connectivity index (χ0n) is 12.8. The van der Waals surface area contributed by atoms with Gasteiger partial charge in [-0.2, -0.15) is 0 Å². The summed E-state index contributed by atoms with van der Waals surface area (Å²) in [5, 5.41) is 3.67. The molecule has 3 heterocycles. The largest absolute Gasteiger partial charge is 0.366 e. The number of nitrogens with two attached hydrogens (primary N) is 1. The normalized spacial score (nSPS) is 27.6. The average Bonchev–Trinajstić information content (AvgIpc) is 2.78. The van der Waals surface area contributed by atoms with Crippen molar-refractivity contribution in [1.29, 1.82) is 0 Å². The molecule has 0 aromatic carbocycles. The molecule has 2 atom stereocenters. The van der Waals surface area contributed by atoms with Crippen LogP contribution in [0.15, 0.2) is 12.1 Å². The molecular weight excluding hydrogens is 264 g/mol. The Bertz CT molecular complexity index is 533. The van der Waals surface area contributed by atoms with Crippen LogP contribution in [0.2, 0.25) is 0 Å². The second-order valence-corrected chi connectivity index (χ2v) is 6.27. The lowest BCUT2D eigenvalue weighted by Gasteiger charge is -2.38. The monoisotopic (exact) mass is 288 g/mol. The number of fused-ring (bicyclic) bond motifs is 2. The van der Waals surface area contributed by atoms with Crippen LogP contribution in [-0.4, -0.2) is 35.6 Å². The first-order chi connectivity index (χ1) is 10.1. The van der Waals surface area contributed by atoms with E-state index < -0.39 is 0 Å². The number of amides is 1. The summed E-state index contributed by atoms with van der Waals surface area (Å²) in [5.74, 6) is 0.501. The second-order valence-electron chi connectivity index (χ2n) is 6.27. The Morgan fingerprint density at radius 1 is 1.38 bits per heavy atom. The van der Waals surface area contributed by atoms with Crippen LogP contribution < -0.4 is 16.0 Å². The number of pyridine rings is 1. The summed E-state index contributed by atoms with van der Waals surface area (Å²) in [6.45, 7) is 4.96. The minimum atomic E-state index is -0.386. The molecule has 2 saturated heterocycles. The van der Waals surface area contributed by atoms with Crippen LogP contribution in [-0.2, 0) is 0 Å². The standard InChI is InChI=1S/C16H24N4O/c1-3-20(14-8-12-4-5-13(9-14)19-12)15-7-11(16(17)21)6-10(2)18-15/h6-7,12-14,19H,3-5,8-9H2,1-2H3,(H2,17,21). The molecule has 2 aliphatic rings. The Morgan fingerprint density at radius 2 is 2.05 bits per heavy atom. The number of aromatic nitrogens is 1. The van der Waals surface area contributed by atoms with Gasteiger partial charge in [0.2, 0.25) is 5.91 Å². The zero-order valence-corrected chi connectivity index (χ0v) is 12.8. The van der Waals surface area contributed by atoms with Crippen molar-refractivity contribution < 1.29 is 4.79 Å². The molecular formula is C16H24N4O. The Morgan fingerprint density at radius 3 is 2.62 bits per heavy atom. The molecule has 2 bridgehead atoms. The van der Waals surface area contributed by atoms with Crippen molar-refractivity contribution in [2.24, 2.45) is 5.73 Å². The van der Waals surface area contributed by atoms with Gasteiger partial charge in [-0.15, -0.1) is 0 Å². The number of hydrogen-bond acceptors (Lipinski definition) is 4. The van der Waals surface area contributed by atoms with Crippen molar-refractivity contribution in [3.63, 3.8) is 0 Å². The van der Waals surface area contributed by atoms with Gasteiger partial charge in [-0.1, -0.05) is 0 Å². The maximum atomic E-state index is 11.5. The Kier molecular flexibility index (Phi) is 3.85. The molecule has 0 saturated carbocycles. The van der Waals surface area contributed by atoms with Crippen LogP contribution in [0.3, 0.4) is 0 Å². The fourth-order valence-electron chi connectivity index (χ4n) is 3.83. The molecule has 114 valence electrons. The summed E-state index contributed by atoms with van der Waals surface area (Å²) in [4.78, 5) is 18.4. The molecule has 0 spiro atoms. The number of hydrogen-bond donors (Lipinski definition) is 2. The quantitative estimate of drug-likeness (QED) is 0.883. The van der Waals surface area contributed by atoms with E-state index in [-0.39, 0.29) is 5.91 Å². The van der Waals surface area contributed by atoms with Gasteiger partial charge in [0.05, 0.1) is 0 Å². The fourth-order valence-corrected chi connectivity index (χ4v) is 3.83. The van der Waals surface area contributed by atoms with E-state index in [1.165, 1.54) is 12.8 Å². The first-order valence-corrected chi connectivity index (χ1v) is 7.88. The number of nitrogens with zero attached hydrogens (tertiary/aromatic N) is 2. The van der Waals surface area contributed by atoms with E-state index in [2.05, 4.69) is 22.1 Å². The molecule has 0 aliphatic carbocycles. The SMILES string of the molecule is CCN(c1cc(C(N)=O)cc(C)n1)C1CC2CCC(C1)N2. The van der Waals surface area contributed by atoms with Gasteiger partial charge in [0.25, 0.3) is 0 Å². The van der Waals surface area contributed by atoms with Gasteiger partial charge in [0, 0.05) is 35.9 Å². The maximum absolute atomic E-state index is 11.5. The van der Waals surface area contributed by atoms with Crippen molar-refractivity contribution >= 4 is 11.7 Å². The highest BCUT2D eigenvalue weighted by molar-refractivity contribution is 5.93. The summed E-state index contributed by atoms with van der Waals surface area (Å²) < 4.78 is 0. The van der Waals surface area contributed by atoms with Crippen molar-refractivity contribution in [3.8, 4) is 0 Å². The van der Waals surface area contributed by atoms with Crippen molar-refractivity contribution in [2.45, 2.75) is 57.7 Å². The van der Waals surface area contributed by atoms with Crippen molar-refractivity contribution in [2.75, 3.05) is 11.4 Å². The molecule has 21 heavy (non-hydrogen) atoms. The number of rotatable bonds is 4. The van der Waals surface area contributed by atoms with Gasteiger partial charge in [-0.3, -0.25) is 4.79 Å². The second kappa shape index (κ2) is 5.64. The van der Waals surface area contributed by atoms with E-state index in [1.54, 1.807) is 6.07 Å². The van der Waals surface area contributed by atoms with Gasteiger partial charge in [-0.05, 0) is 51.7 Å². The predicted molar refractivity (Wildman–Crippen MR) is 83.5 cm³/mol. The first-order valence-electron chi connectivity index (χ1n) is 7.88. The highest BCUT2D eigenvalue weighted by atomic mass is 16.1. The highest BCUT2D eigenvalue weighted by Crippen LogP contribution is 2.31. The molecule has 2 unspecified atom stereocenters. The number of nitrogens with one attached hydrogen (secondary N) is 1. The van der Waals surface area contributed by atoms with E-state index in [0.717, 1.165) is 30.9 Å². The van der Waals surface area contributed by atoms with Crippen LogP contribution in [0, 0.1) is 6.92 Å². The molecule has 2 aliphatic heterocycles. The lowest BCUT2D eigenvalue weighted by Crippen LogP contribution is -2.48. The third-order valence-corrected chi connectivity index (χ3v) is 4.75. The van der Waals surface area contributed by atoms with Crippen LogP contribution >= 0.6 is 0 Å². The smallest absolute Gasteiger partial charge is 0.248 e. The Labute approximate surface area is 125 Å². The number of piperidine rings is 1. The Balaban J connectivity index is 1.87. The minimum absolute atomic E-state index is 0.386. The molecule has 1 amide bonds. The van der Waals surface area contributed by atoms with Crippen LogP contribution in [0.5, 0.6) is 0 Å². The zero-order chi connectivity index (χ0) is 15.0. The number of carbonyl (C=O) groups excluding carboxylic acids is 1. The molecule has 3 rings (SSSR count). The summed E-state index contributed by atoms with van der Waals surface area (Å²) in [6.07, 6.45) is 4.89. The van der Waals surface area contributed by atoms with Crippen LogP contribution in [0.25, 0.3) is 0 Å². The fraction of sp³-hybridized carbons (Fsp3) is 0.625. The summed E-state index contributed by atoms with van der Waals surface area (Å²) >= 11 is 0. The van der Waals surface area contributed by atoms with Gasteiger partial charge < -0.3 is 16.0 Å². The minimum Gasteiger partial charge on any atom is -0.366 e. The average molecular weight is 288 g/mol. The van der Waals surface area contributed by atoms with E-state index in [9.17, 15) is 4.79 Å². The summed E-state index contributed by atoms with van der Waals surface area (Å²) in [6, 6.07) is 5.38. The van der Waals surface area contributed by atoms with Gasteiger partial charge in [-0.25, -0.2) is 4.98 Å². The van der Waals surface area contributed by atoms with Crippen LogP contribution in [0.4, 0.5) is 5.82 Å². The van der Waals surface area contributed by atoms with Crippen molar-refractivity contribution in [3.05, 3.63) is 23.4 Å². The van der Waals surface area contributed by atoms with E-state index in [1.807, 2.05) is 13.0 Å². The lowest BCUT2D eigenvalue weighted by molar-refractivity contribution is 0.1000. The van der Waals surface area contributed by atoms with Gasteiger partial charge >= 0.3 is 0 Å². The Hall–Kier alpha value is -1.62. The number of anilines is 1. The van der Waals surface area contributed by atoms with E-state index in [0.29, 0.717) is 23.7 Å². The van der Waals surface area contributed by atoms with E-state index in [4.69, 9.17) is 5.73 Å². The molecule has 1 aromatic rings. The number of primary amides is 1. The van der Waals surface area contributed by atoms with Gasteiger partial charge in [0.1, 0.15) is 5.82 Å². The molecule has 1 aromatic heterocycles. The van der Waals surface area contributed by atoms with E-state index >= 15 is 0 Å². The molecule has 0 radical (unpaired) electrons. The lowest BCUT2D eigenvalue weighted by atomic mass is 9.98.